The molecule has 1 heterocycles. The summed E-state index contributed by atoms with van der Waals surface area (Å²) >= 11 is 0. The van der Waals surface area contributed by atoms with Gasteiger partial charge in [0.2, 0.25) is 0 Å². The zero-order valence-electron chi connectivity index (χ0n) is 7.58. The summed E-state index contributed by atoms with van der Waals surface area (Å²) in [5.41, 5.74) is 0. The maximum absolute atomic E-state index is 3.70. The first-order chi connectivity index (χ1) is 5.93. The Balaban J connectivity index is 2.00. The van der Waals surface area contributed by atoms with E-state index in [9.17, 15) is 0 Å². The van der Waals surface area contributed by atoms with Crippen LogP contribution in [0.15, 0.2) is 37.2 Å². The molecule has 0 fully saturated rings. The second kappa shape index (κ2) is 5.64. The van der Waals surface area contributed by atoms with Crippen LogP contribution in [0, 0.1) is 0 Å². The van der Waals surface area contributed by atoms with Gasteiger partial charge in [-0.15, -0.1) is 6.58 Å². The predicted molar refractivity (Wildman–Crippen MR) is 53.1 cm³/mol. The third-order valence-electron chi connectivity index (χ3n) is 1.99. The Morgan fingerprint density at radius 3 is 2.50 bits per heavy atom. The van der Waals surface area contributed by atoms with Crippen molar-refractivity contribution in [2.45, 2.75) is 32.2 Å². The van der Waals surface area contributed by atoms with Crippen LogP contribution < -0.4 is 0 Å². The highest BCUT2D eigenvalue weighted by Gasteiger charge is 1.89. The predicted octanol–water partition coefficient (Wildman–Crippen LogP) is 3.23. The number of aromatic nitrogens is 1. The maximum Gasteiger partial charge on any atom is 0.0219 e. The minimum Gasteiger partial charge on any atom is -0.354 e. The molecule has 0 saturated heterocycles. The highest BCUT2D eigenvalue weighted by molar-refractivity contribution is 4.89. The van der Waals surface area contributed by atoms with Gasteiger partial charge in [0, 0.05) is 18.9 Å². The maximum atomic E-state index is 3.70. The van der Waals surface area contributed by atoms with Crippen LogP contribution in [0.1, 0.15) is 25.7 Å². The average Bonchev–Trinajstić information content (AvgIpc) is 2.57. The molecule has 1 nitrogen and oxygen atoms in total. The molecule has 0 bridgehead atoms. The molecule has 0 atom stereocenters. The van der Waals surface area contributed by atoms with Crippen molar-refractivity contribution in [3.05, 3.63) is 37.2 Å². The van der Waals surface area contributed by atoms with Gasteiger partial charge in [-0.2, -0.15) is 0 Å². The van der Waals surface area contributed by atoms with Crippen LogP contribution in [0.2, 0.25) is 0 Å². The molecule has 12 heavy (non-hydrogen) atoms. The highest BCUT2D eigenvalue weighted by atomic mass is 14.9. The minimum absolute atomic E-state index is 1.16. The van der Waals surface area contributed by atoms with Gasteiger partial charge in [-0.1, -0.05) is 12.5 Å². The van der Waals surface area contributed by atoms with E-state index in [1.54, 1.807) is 0 Å². The first-order valence-electron chi connectivity index (χ1n) is 4.65. The van der Waals surface area contributed by atoms with Gasteiger partial charge in [0.15, 0.2) is 0 Å². The third-order valence-corrected chi connectivity index (χ3v) is 1.99. The van der Waals surface area contributed by atoms with Gasteiger partial charge >= 0.3 is 0 Å². The van der Waals surface area contributed by atoms with Crippen LogP contribution in [0.5, 0.6) is 0 Å². The van der Waals surface area contributed by atoms with Crippen LogP contribution in [0.25, 0.3) is 0 Å². The second-order valence-corrected chi connectivity index (χ2v) is 3.06. The van der Waals surface area contributed by atoms with Gasteiger partial charge < -0.3 is 4.57 Å². The van der Waals surface area contributed by atoms with Gasteiger partial charge in [-0.05, 0) is 31.4 Å². The van der Waals surface area contributed by atoms with E-state index >= 15 is 0 Å². The Kier molecular flexibility index (Phi) is 4.28. The molecule has 0 unspecified atom stereocenters. The molecule has 0 saturated carbocycles. The fourth-order valence-electron chi connectivity index (χ4n) is 1.28. The Labute approximate surface area is 74.7 Å². The zero-order valence-corrected chi connectivity index (χ0v) is 7.58. The average molecular weight is 163 g/mol. The third kappa shape index (κ3) is 3.42. The number of nitrogens with zero attached hydrogens (tertiary/aromatic N) is 1. The lowest BCUT2D eigenvalue weighted by Crippen LogP contribution is -1.93. The van der Waals surface area contributed by atoms with Crippen molar-refractivity contribution in [2.75, 3.05) is 0 Å². The molecular weight excluding hydrogens is 146 g/mol. The first kappa shape index (κ1) is 9.11. The molecule has 0 aliphatic carbocycles. The standard InChI is InChI=1S/C11H17N/c1-2-3-4-5-6-9-12-10-7-8-11-12/h2,7-8,10-11H,1,3-6,9H2. The molecule has 0 aliphatic heterocycles. The van der Waals surface area contributed by atoms with Crippen molar-refractivity contribution < 1.29 is 0 Å². The first-order valence-corrected chi connectivity index (χ1v) is 4.65. The largest absolute Gasteiger partial charge is 0.354 e. The molecule has 0 amide bonds. The number of unbranched alkanes of at least 4 members (excludes halogenated alkanes) is 3. The molecule has 0 aliphatic rings. The summed E-state index contributed by atoms with van der Waals surface area (Å²) < 4.78 is 2.23. The van der Waals surface area contributed by atoms with Crippen molar-refractivity contribution in [2.24, 2.45) is 0 Å². The van der Waals surface area contributed by atoms with Crippen LogP contribution >= 0.6 is 0 Å². The Hall–Kier alpha value is -0.980. The van der Waals surface area contributed by atoms with Gasteiger partial charge in [0.25, 0.3) is 0 Å². The van der Waals surface area contributed by atoms with Crippen LogP contribution in [0.3, 0.4) is 0 Å². The van der Waals surface area contributed by atoms with Crippen LogP contribution in [0.4, 0.5) is 0 Å². The summed E-state index contributed by atoms with van der Waals surface area (Å²) in [5.74, 6) is 0. The number of hydrogen-bond acceptors (Lipinski definition) is 0. The molecule has 1 heteroatoms. The van der Waals surface area contributed by atoms with Crippen LogP contribution in [-0.4, -0.2) is 4.57 Å². The molecule has 1 aromatic rings. The monoisotopic (exact) mass is 163 g/mol. The second-order valence-electron chi connectivity index (χ2n) is 3.06. The van der Waals surface area contributed by atoms with Gasteiger partial charge in [0.05, 0.1) is 0 Å². The lowest BCUT2D eigenvalue weighted by atomic mass is 10.2. The van der Waals surface area contributed by atoms with Crippen molar-refractivity contribution in [1.29, 1.82) is 0 Å². The van der Waals surface area contributed by atoms with E-state index in [0.29, 0.717) is 0 Å². The number of hydrogen-bond donors (Lipinski definition) is 0. The molecule has 0 aromatic carbocycles. The van der Waals surface area contributed by atoms with E-state index in [1.807, 2.05) is 6.08 Å². The number of allylic oxidation sites excluding steroid dienone is 1. The van der Waals surface area contributed by atoms with Gasteiger partial charge in [0.1, 0.15) is 0 Å². The molecular formula is C11H17N. The summed E-state index contributed by atoms with van der Waals surface area (Å²) in [5, 5.41) is 0. The van der Waals surface area contributed by atoms with Crippen molar-refractivity contribution in [1.82, 2.24) is 4.57 Å². The topological polar surface area (TPSA) is 4.93 Å². The lowest BCUT2D eigenvalue weighted by Gasteiger charge is -2.01. The molecule has 66 valence electrons. The van der Waals surface area contributed by atoms with E-state index in [1.165, 1.54) is 19.3 Å². The van der Waals surface area contributed by atoms with Crippen LogP contribution in [-0.2, 0) is 6.54 Å². The van der Waals surface area contributed by atoms with Crippen molar-refractivity contribution >= 4 is 0 Å². The fourth-order valence-corrected chi connectivity index (χ4v) is 1.28. The summed E-state index contributed by atoms with van der Waals surface area (Å²) in [7, 11) is 0. The zero-order chi connectivity index (χ0) is 8.65. The molecule has 1 aromatic heterocycles. The van der Waals surface area contributed by atoms with E-state index in [2.05, 4.69) is 35.7 Å². The highest BCUT2D eigenvalue weighted by Crippen LogP contribution is 2.02. The number of rotatable bonds is 6. The SMILES string of the molecule is C=CCCCCCn1cccc1. The Bertz CT molecular complexity index is 199. The van der Waals surface area contributed by atoms with Crippen molar-refractivity contribution in [3.63, 3.8) is 0 Å². The number of aryl methyl sites for hydroxylation is 1. The Morgan fingerprint density at radius 2 is 1.83 bits per heavy atom. The smallest absolute Gasteiger partial charge is 0.0219 e. The summed E-state index contributed by atoms with van der Waals surface area (Å²) in [6, 6.07) is 4.15. The summed E-state index contributed by atoms with van der Waals surface area (Å²) in [4.78, 5) is 0. The minimum atomic E-state index is 1.16. The van der Waals surface area contributed by atoms with E-state index in [4.69, 9.17) is 0 Å². The Morgan fingerprint density at radius 1 is 1.08 bits per heavy atom. The lowest BCUT2D eigenvalue weighted by molar-refractivity contribution is 0.592. The normalized spacial score (nSPS) is 10.0. The molecule has 0 spiro atoms. The summed E-state index contributed by atoms with van der Waals surface area (Å²) in [6.45, 7) is 4.86. The van der Waals surface area contributed by atoms with Gasteiger partial charge in [-0.3, -0.25) is 0 Å². The quantitative estimate of drug-likeness (QED) is 0.448. The van der Waals surface area contributed by atoms with E-state index < -0.39 is 0 Å². The summed E-state index contributed by atoms with van der Waals surface area (Å²) in [6.07, 6.45) is 11.3. The molecule has 0 N–H and O–H groups in total. The van der Waals surface area contributed by atoms with E-state index in [-0.39, 0.29) is 0 Å². The van der Waals surface area contributed by atoms with Gasteiger partial charge in [-0.25, -0.2) is 0 Å². The molecule has 1 rings (SSSR count). The van der Waals surface area contributed by atoms with E-state index in [0.717, 1.165) is 13.0 Å². The molecule has 0 radical (unpaired) electrons. The fraction of sp³-hybridized carbons (Fsp3) is 0.455. The van der Waals surface area contributed by atoms with Crippen molar-refractivity contribution in [3.8, 4) is 0 Å².